The number of aromatic hydroxyl groups is 4. The Morgan fingerprint density at radius 2 is 1.02 bits per heavy atom. The van der Waals surface area contributed by atoms with Gasteiger partial charge in [-0.1, -0.05) is 36.4 Å². The molecule has 1 saturated carbocycles. The van der Waals surface area contributed by atoms with Gasteiger partial charge in [0.05, 0.1) is 30.3 Å². The van der Waals surface area contributed by atoms with E-state index < -0.39 is 24.0 Å². The molecule has 0 spiro atoms. The van der Waals surface area contributed by atoms with E-state index >= 15 is 0 Å². The summed E-state index contributed by atoms with van der Waals surface area (Å²) in [5, 5.41) is 74.6. The second-order valence-corrected chi connectivity index (χ2v) is 12.9. The normalized spacial score (nSPS) is 21.0. The minimum Gasteiger partial charge on any atom is -0.507 e. The number of benzene rings is 6. The Hall–Kier alpha value is -5.12. The van der Waals surface area contributed by atoms with E-state index in [2.05, 4.69) is 9.80 Å². The minimum absolute atomic E-state index is 0.0202. The Morgan fingerprint density at radius 1 is 0.565 bits per heavy atom. The van der Waals surface area contributed by atoms with E-state index in [1.165, 1.54) is 0 Å². The van der Waals surface area contributed by atoms with Gasteiger partial charge in [0.2, 0.25) is 0 Å². The van der Waals surface area contributed by atoms with Crippen molar-refractivity contribution in [3.63, 3.8) is 0 Å². The second-order valence-electron chi connectivity index (χ2n) is 12.9. The van der Waals surface area contributed by atoms with Crippen molar-refractivity contribution < 1.29 is 30.6 Å². The van der Waals surface area contributed by atoms with Gasteiger partial charge in [-0.25, -0.2) is 0 Å². The van der Waals surface area contributed by atoms with Crippen molar-refractivity contribution in [2.75, 3.05) is 49.6 Å². The Kier molecular flexibility index (Phi) is 5.97. The van der Waals surface area contributed by atoms with Gasteiger partial charge in [-0.3, -0.25) is 0 Å². The molecular weight excluding hydrogens is 582 g/mol. The van der Waals surface area contributed by atoms with Crippen LogP contribution in [0.4, 0.5) is 17.1 Å². The van der Waals surface area contributed by atoms with Gasteiger partial charge in [0.1, 0.15) is 23.0 Å². The summed E-state index contributed by atoms with van der Waals surface area (Å²) in [6, 6.07) is 19.1. The third-order valence-electron chi connectivity index (χ3n) is 10.2. The Labute approximate surface area is 265 Å². The van der Waals surface area contributed by atoms with Crippen molar-refractivity contribution in [2.24, 2.45) is 0 Å². The second kappa shape index (κ2) is 9.69. The van der Waals surface area contributed by atoms with Gasteiger partial charge in [-0.2, -0.15) is 0 Å². The first kappa shape index (κ1) is 28.4. The van der Waals surface area contributed by atoms with E-state index in [0.717, 1.165) is 27.8 Å². The molecule has 2 aliphatic rings. The predicted molar refractivity (Wildman–Crippen MR) is 183 cm³/mol. The Bertz CT molecular complexity index is 2190. The topological polar surface area (TPSA) is 131 Å². The molecule has 9 heteroatoms. The van der Waals surface area contributed by atoms with E-state index in [1.54, 1.807) is 42.5 Å². The van der Waals surface area contributed by atoms with Crippen LogP contribution in [0.3, 0.4) is 0 Å². The zero-order chi connectivity index (χ0) is 32.3. The maximum absolute atomic E-state index is 12.2. The first-order valence-electron chi connectivity index (χ1n) is 15.3. The van der Waals surface area contributed by atoms with Gasteiger partial charge in [0.25, 0.3) is 0 Å². The molecule has 0 aromatic heterocycles. The molecule has 46 heavy (non-hydrogen) atoms. The first-order valence-corrected chi connectivity index (χ1v) is 15.3. The lowest BCUT2D eigenvalue weighted by Crippen LogP contribution is -2.52. The molecule has 0 radical (unpaired) electrons. The van der Waals surface area contributed by atoms with E-state index in [-0.39, 0.29) is 23.0 Å². The van der Waals surface area contributed by atoms with Gasteiger partial charge in [-0.05, 0) is 41.5 Å². The van der Waals surface area contributed by atoms with Gasteiger partial charge in [-0.15, -0.1) is 0 Å². The monoisotopic (exact) mass is 617 g/mol. The number of fused-ring (bicyclic) bond motifs is 4. The number of phenolic OH excluding ortho intramolecular Hbond substituents is 4. The number of aliphatic hydroxyl groups excluding tert-OH is 2. The molecule has 234 valence electrons. The number of aliphatic hydroxyl groups is 2. The molecule has 6 aromatic rings. The van der Waals surface area contributed by atoms with Crippen molar-refractivity contribution in [3.05, 3.63) is 77.9 Å². The summed E-state index contributed by atoms with van der Waals surface area (Å²) in [6.07, 6.45) is -2.41. The summed E-state index contributed by atoms with van der Waals surface area (Å²) in [4.78, 5) is 6.05. The fourth-order valence-electron chi connectivity index (χ4n) is 8.40. The zero-order valence-corrected chi connectivity index (χ0v) is 25.9. The number of nitrogens with zero attached hydrogens (tertiary/aromatic N) is 3. The van der Waals surface area contributed by atoms with E-state index in [4.69, 9.17) is 0 Å². The molecule has 0 amide bonds. The van der Waals surface area contributed by atoms with Crippen LogP contribution in [-0.4, -0.2) is 77.7 Å². The summed E-state index contributed by atoms with van der Waals surface area (Å²) in [6.45, 7) is 0.587. The lowest BCUT2D eigenvalue weighted by atomic mass is 9.60. The molecule has 2 unspecified atom stereocenters. The number of hydrogen-bond acceptors (Lipinski definition) is 9. The zero-order valence-electron chi connectivity index (χ0n) is 25.9. The summed E-state index contributed by atoms with van der Waals surface area (Å²) < 4.78 is 0. The van der Waals surface area contributed by atoms with Crippen molar-refractivity contribution in [1.29, 1.82) is 0 Å². The fraction of sp³-hybridized carbons (Fsp3) is 0.243. The van der Waals surface area contributed by atoms with Crippen LogP contribution in [0.15, 0.2) is 66.7 Å². The Balaban J connectivity index is 1.44. The fourth-order valence-corrected chi connectivity index (χ4v) is 8.40. The number of rotatable bonds is 3. The van der Waals surface area contributed by atoms with Crippen LogP contribution >= 0.6 is 0 Å². The summed E-state index contributed by atoms with van der Waals surface area (Å²) in [7, 11) is 7.70. The lowest BCUT2D eigenvalue weighted by molar-refractivity contribution is -0.0766. The summed E-state index contributed by atoms with van der Waals surface area (Å²) in [5.74, 6) is -1.93. The average molecular weight is 618 g/mol. The average Bonchev–Trinajstić information content (AvgIpc) is 3.00. The number of phenols is 4. The highest BCUT2D eigenvalue weighted by atomic mass is 16.3. The molecule has 1 fully saturated rings. The molecule has 6 N–H and O–H groups in total. The number of hydrogen-bond donors (Lipinski definition) is 6. The highest BCUT2D eigenvalue weighted by Gasteiger charge is 2.53. The van der Waals surface area contributed by atoms with Gasteiger partial charge < -0.3 is 45.3 Å². The molecule has 2 atom stereocenters. The molecule has 1 aliphatic heterocycles. The molecule has 1 heterocycles. The van der Waals surface area contributed by atoms with Crippen molar-refractivity contribution in [2.45, 2.75) is 24.0 Å². The van der Waals surface area contributed by atoms with Crippen LogP contribution in [-0.2, 0) is 0 Å². The third-order valence-corrected chi connectivity index (χ3v) is 10.2. The van der Waals surface area contributed by atoms with Crippen LogP contribution in [0, 0.1) is 0 Å². The molecule has 0 saturated heterocycles. The molecule has 1 aliphatic carbocycles. The minimum atomic E-state index is -1.20. The van der Waals surface area contributed by atoms with Crippen molar-refractivity contribution in [3.8, 4) is 23.0 Å². The molecule has 6 aromatic carbocycles. The van der Waals surface area contributed by atoms with Crippen LogP contribution < -0.4 is 14.7 Å². The van der Waals surface area contributed by atoms with Crippen molar-refractivity contribution in [1.82, 2.24) is 0 Å². The van der Waals surface area contributed by atoms with Crippen LogP contribution in [0.2, 0.25) is 0 Å². The smallest absolute Gasteiger partial charge is 0.123 e. The predicted octanol–water partition coefficient (Wildman–Crippen LogP) is 5.63. The SMILES string of the molecule is CN(C)c1c2cccc(O)c2c(C2C(O)C(c3c4c(O)cccc4c4c5c(ccc(O)c35)N(C)CN4C)C2O)c2c(O)cccc12. The van der Waals surface area contributed by atoms with E-state index in [0.29, 0.717) is 50.1 Å². The van der Waals surface area contributed by atoms with Crippen LogP contribution in [0.1, 0.15) is 23.0 Å². The summed E-state index contributed by atoms with van der Waals surface area (Å²) in [5.41, 5.74) is 3.43. The van der Waals surface area contributed by atoms with Crippen molar-refractivity contribution >= 4 is 60.2 Å². The van der Waals surface area contributed by atoms with Gasteiger partial charge in [0.15, 0.2) is 0 Å². The maximum Gasteiger partial charge on any atom is 0.123 e. The highest BCUT2D eigenvalue weighted by Crippen LogP contribution is 2.60. The van der Waals surface area contributed by atoms with E-state index in [9.17, 15) is 30.6 Å². The Morgan fingerprint density at radius 3 is 1.54 bits per heavy atom. The maximum atomic E-state index is 12.2. The molecular formula is C37H35N3O6. The third kappa shape index (κ3) is 3.52. The quantitative estimate of drug-likeness (QED) is 0.140. The van der Waals surface area contributed by atoms with Gasteiger partial charge in [0, 0.05) is 88.8 Å². The standard InChI is InChI=1S/C37H35N3O6/c1-38(2)34-17-8-5-11-21(41)25(17)30(26-18(34)9-6-12-22(26)42)32-36(45)33(37(32)46)31-27-19(10-7-13-23(27)43)35-28-20(39(3)16-40(35)4)14-15-24(44)29(28)31/h5-15,32-33,36-37,41-46H,16H2,1-4H3. The van der Waals surface area contributed by atoms with Crippen LogP contribution in [0.5, 0.6) is 23.0 Å². The molecule has 0 bridgehead atoms. The highest BCUT2D eigenvalue weighted by molar-refractivity contribution is 6.22. The molecule has 8 rings (SSSR count). The lowest BCUT2D eigenvalue weighted by Gasteiger charge is -2.49. The molecule has 9 nitrogen and oxygen atoms in total. The first-order chi connectivity index (χ1) is 22.0. The largest absolute Gasteiger partial charge is 0.507 e. The van der Waals surface area contributed by atoms with Crippen LogP contribution in [0.25, 0.3) is 43.1 Å². The summed E-state index contributed by atoms with van der Waals surface area (Å²) >= 11 is 0. The number of anilines is 3. The van der Waals surface area contributed by atoms with Gasteiger partial charge >= 0.3 is 0 Å². The van der Waals surface area contributed by atoms with E-state index in [1.807, 2.05) is 57.4 Å².